The molecule has 16 nitrogen and oxygen atoms in total. The third-order valence-electron chi connectivity index (χ3n) is 13.2. The quantitative estimate of drug-likeness (QED) is 0.0861. The van der Waals surface area contributed by atoms with E-state index in [9.17, 15) is 38.4 Å². The molecule has 412 valence electrons. The lowest BCUT2D eigenvalue weighted by Crippen LogP contribution is -2.33. The summed E-state index contributed by atoms with van der Waals surface area (Å²) in [5.74, 6) is -3.96. The Kier molecular flexibility index (Phi) is 21.8. The molecule has 2 aliphatic rings. The van der Waals surface area contributed by atoms with E-state index in [-0.39, 0.29) is 25.7 Å². The number of hydrogen-bond donors (Lipinski definition) is 2. The zero-order valence-electron chi connectivity index (χ0n) is 45.9. The molecule has 4 atom stereocenters. The summed E-state index contributed by atoms with van der Waals surface area (Å²) in [6.07, 6.45) is 2.39. The third-order valence-corrected chi connectivity index (χ3v) is 13.2. The van der Waals surface area contributed by atoms with Crippen LogP contribution in [0.4, 0.5) is 0 Å². The Bertz CT molecular complexity index is 3080. The second-order valence-electron chi connectivity index (χ2n) is 20.2. The first-order chi connectivity index (χ1) is 37.0. The molecule has 2 fully saturated rings. The van der Waals surface area contributed by atoms with E-state index in [1.54, 1.807) is 41.9 Å². The summed E-state index contributed by atoms with van der Waals surface area (Å²) >= 11 is 0. The van der Waals surface area contributed by atoms with E-state index in [1.165, 1.54) is 11.1 Å². The molecule has 2 N–H and O–H groups in total. The molecule has 8 rings (SSSR count). The molecule has 2 unspecified atom stereocenters. The minimum atomic E-state index is -0.808. The van der Waals surface area contributed by atoms with Gasteiger partial charge in [-0.05, 0) is 132 Å². The fourth-order valence-corrected chi connectivity index (χ4v) is 8.32. The maximum absolute atomic E-state index is 12.2. The van der Waals surface area contributed by atoms with E-state index in [1.807, 2.05) is 121 Å². The number of carbonyl (C=O) groups excluding carboxylic acids is 6. The molecular weight excluding hydrogens is 997 g/mol. The molecule has 6 aromatic carbocycles. The fraction of sp³-hybridized carbons (Fsp3) is 0.355. The molecule has 2 aliphatic heterocycles. The van der Waals surface area contributed by atoms with Crippen molar-refractivity contribution in [3.8, 4) is 11.5 Å². The van der Waals surface area contributed by atoms with Crippen LogP contribution >= 0.6 is 0 Å². The van der Waals surface area contributed by atoms with Gasteiger partial charge in [-0.2, -0.15) is 0 Å². The Morgan fingerprint density at radius 3 is 1.03 bits per heavy atom. The van der Waals surface area contributed by atoms with Crippen LogP contribution in [0.15, 0.2) is 121 Å². The molecule has 0 radical (unpaired) electrons. The average molecular weight is 1070 g/mol. The van der Waals surface area contributed by atoms with E-state index in [4.69, 9.17) is 29.4 Å². The van der Waals surface area contributed by atoms with Crippen LogP contribution in [0, 0.1) is 11.8 Å². The molecule has 0 saturated carbocycles. The number of carboxylic acids is 2. The zero-order valence-corrected chi connectivity index (χ0v) is 45.9. The molecule has 16 heteroatoms. The minimum absolute atomic E-state index is 0.0816. The molecule has 2 saturated heterocycles. The Morgan fingerprint density at radius 2 is 0.692 bits per heavy atom. The Hall–Kier alpha value is -8.40. The van der Waals surface area contributed by atoms with Gasteiger partial charge < -0.3 is 29.4 Å². The Morgan fingerprint density at radius 1 is 0.410 bits per heavy atom. The first-order valence-corrected chi connectivity index (χ1v) is 25.9. The molecule has 0 aliphatic carbocycles. The van der Waals surface area contributed by atoms with Crippen LogP contribution in [0.2, 0.25) is 0 Å². The molecule has 78 heavy (non-hydrogen) atoms. The largest absolute Gasteiger partial charge is 0.497 e. The lowest BCUT2D eigenvalue weighted by molar-refractivity contribution is -0.198. The number of rotatable bonds is 16. The van der Waals surface area contributed by atoms with Crippen molar-refractivity contribution in [1.29, 1.82) is 0 Å². The van der Waals surface area contributed by atoms with Gasteiger partial charge in [-0.25, -0.2) is 9.59 Å². The monoisotopic (exact) mass is 1070 g/mol. The van der Waals surface area contributed by atoms with E-state index in [2.05, 4.69) is 27.7 Å². The minimum Gasteiger partial charge on any atom is -0.497 e. The molecule has 0 bridgehead atoms. The normalized spacial score (nSPS) is 14.6. The lowest BCUT2D eigenvalue weighted by Gasteiger charge is -2.17. The van der Waals surface area contributed by atoms with Crippen LogP contribution in [-0.4, -0.2) is 82.1 Å². The second kappa shape index (κ2) is 28.1. The van der Waals surface area contributed by atoms with Gasteiger partial charge in [0.05, 0.1) is 37.9 Å². The van der Waals surface area contributed by atoms with Crippen LogP contribution in [0.25, 0.3) is 21.5 Å². The summed E-state index contributed by atoms with van der Waals surface area (Å²) < 4.78 is 10.3. The number of hydroxylamine groups is 4. The molecule has 4 amide bonds. The molecule has 2 heterocycles. The average Bonchev–Trinajstić information content (AvgIpc) is 3.93. The number of imide groups is 2. The summed E-state index contributed by atoms with van der Waals surface area (Å²) in [6, 6.07) is 38.3. The number of carbonyl (C=O) groups is 8. The van der Waals surface area contributed by atoms with Crippen LogP contribution < -0.4 is 9.47 Å². The van der Waals surface area contributed by atoms with Gasteiger partial charge in [0.2, 0.25) is 0 Å². The summed E-state index contributed by atoms with van der Waals surface area (Å²) in [4.78, 5) is 102. The number of ether oxygens (including phenoxy) is 2. The fourth-order valence-electron chi connectivity index (χ4n) is 8.32. The van der Waals surface area contributed by atoms with Gasteiger partial charge in [-0.3, -0.25) is 28.8 Å². The molecule has 6 aromatic rings. The predicted octanol–water partition coefficient (Wildman–Crippen LogP) is 11.3. The van der Waals surface area contributed by atoms with Gasteiger partial charge >= 0.3 is 23.9 Å². The van der Waals surface area contributed by atoms with Gasteiger partial charge in [0, 0.05) is 25.7 Å². The summed E-state index contributed by atoms with van der Waals surface area (Å²) in [7, 11) is 3.23. The van der Waals surface area contributed by atoms with Crippen molar-refractivity contribution in [2.45, 2.75) is 118 Å². The first kappa shape index (κ1) is 60.5. The lowest BCUT2D eigenvalue weighted by atomic mass is 9.97. The second-order valence-corrected chi connectivity index (χ2v) is 20.2. The highest BCUT2D eigenvalue weighted by atomic mass is 16.7. The van der Waals surface area contributed by atoms with Crippen LogP contribution in [0.5, 0.6) is 11.5 Å². The number of methoxy groups -OCH3 is 2. The summed E-state index contributed by atoms with van der Waals surface area (Å²) in [6.45, 7) is 15.4. The van der Waals surface area contributed by atoms with Crippen molar-refractivity contribution >= 4 is 69.1 Å². The zero-order chi connectivity index (χ0) is 57.4. The van der Waals surface area contributed by atoms with Gasteiger partial charge in [-0.15, -0.1) is 10.1 Å². The van der Waals surface area contributed by atoms with E-state index in [0.717, 1.165) is 68.1 Å². The highest BCUT2D eigenvalue weighted by Crippen LogP contribution is 2.28. The smallest absolute Gasteiger partial charge is 0.340 e. The van der Waals surface area contributed by atoms with E-state index < -0.39 is 71.2 Å². The highest BCUT2D eigenvalue weighted by Gasteiger charge is 2.35. The van der Waals surface area contributed by atoms with E-state index in [0.29, 0.717) is 22.0 Å². The SMILES string of the molecule is CC(C)Cc1ccc(C(C)C(=O)O)cc1.CC(C)Cc1ccc(C(C)C(=O)ON2C(=O)CCC2=O)cc1.COc1ccc2cc([C@H](C)C(=O)O)ccc2c1.COc1ccc2cc([C@H](C)C(=O)ON3C(=O)CCC3=O)ccc2c1. The van der Waals surface area contributed by atoms with Gasteiger partial charge in [0.1, 0.15) is 11.5 Å². The van der Waals surface area contributed by atoms with Crippen molar-refractivity contribution in [2.75, 3.05) is 14.2 Å². The summed E-state index contributed by atoms with van der Waals surface area (Å²) in [5, 5.41) is 23.0. The van der Waals surface area contributed by atoms with Crippen LogP contribution in [0.3, 0.4) is 0 Å². The Labute approximate surface area is 455 Å². The van der Waals surface area contributed by atoms with E-state index >= 15 is 0 Å². The summed E-state index contributed by atoms with van der Waals surface area (Å²) in [5.41, 5.74) is 5.72. The third kappa shape index (κ3) is 16.8. The number of hydrogen-bond acceptors (Lipinski definition) is 12. The van der Waals surface area contributed by atoms with Crippen molar-refractivity contribution < 1.29 is 67.7 Å². The first-order valence-electron chi connectivity index (χ1n) is 25.9. The van der Waals surface area contributed by atoms with Crippen molar-refractivity contribution in [3.05, 3.63) is 155 Å². The molecule has 0 aromatic heterocycles. The Balaban J connectivity index is 0.000000195. The van der Waals surface area contributed by atoms with Crippen molar-refractivity contribution in [1.82, 2.24) is 10.1 Å². The maximum atomic E-state index is 12.2. The standard InChI is InChI=1S/C18H17NO5.C17H21NO4.C14H14O3.C13H18O2/c1-11(18(22)24-19-16(20)7-8-17(19)21)12-3-4-14-10-15(23-2)6-5-13(14)9-12;1-11(2)10-13-4-6-14(7-5-13)12(3)17(21)22-18-15(19)8-9-16(18)20;1-9(14(15)16)10-3-4-12-8-13(17-2)6-5-11(12)7-10;1-9(2)8-11-4-6-12(7-5-11)10(3)13(14)15/h3-6,9-11H,7-8H2,1-2H3;4-7,11-12H,8-10H2,1-3H3;3-9H,1-2H3,(H,15,16);4-7,9-10H,8H2,1-3H3,(H,14,15)/t11-;;9-;/m0.0./s1. The number of carboxylic acid groups (broad SMARTS) is 2. The van der Waals surface area contributed by atoms with Crippen LogP contribution in [-0.2, 0) is 60.9 Å². The topological polar surface area (TPSA) is 220 Å². The number of nitrogens with zero attached hydrogens (tertiary/aromatic N) is 2. The van der Waals surface area contributed by atoms with Crippen LogP contribution in [0.1, 0.15) is 138 Å². The van der Waals surface area contributed by atoms with Crippen molar-refractivity contribution in [3.63, 3.8) is 0 Å². The predicted molar refractivity (Wildman–Crippen MR) is 294 cm³/mol. The molecular formula is C62H70N2O14. The van der Waals surface area contributed by atoms with Gasteiger partial charge in [-0.1, -0.05) is 125 Å². The van der Waals surface area contributed by atoms with Gasteiger partial charge in [0.15, 0.2) is 0 Å². The van der Waals surface area contributed by atoms with Crippen molar-refractivity contribution in [2.24, 2.45) is 11.8 Å². The number of aliphatic carboxylic acids is 2. The highest BCUT2D eigenvalue weighted by molar-refractivity contribution is 6.02. The molecule has 0 spiro atoms. The van der Waals surface area contributed by atoms with Gasteiger partial charge in [0.25, 0.3) is 23.6 Å². The number of fused-ring (bicyclic) bond motifs is 2. The number of benzene rings is 6. The number of amides is 4. The maximum Gasteiger partial charge on any atom is 0.340 e.